The second-order valence-electron chi connectivity index (χ2n) is 4.48. The zero-order valence-electron chi connectivity index (χ0n) is 11.1. The molecule has 0 saturated carbocycles. The first kappa shape index (κ1) is 16.5. The fraction of sp³-hybridized carbons (Fsp3) is 0.583. The van der Waals surface area contributed by atoms with Crippen LogP contribution in [-0.4, -0.2) is 47.3 Å². The Morgan fingerprint density at radius 1 is 1.25 bits per heavy atom. The van der Waals surface area contributed by atoms with Gasteiger partial charge in [-0.25, -0.2) is 0 Å². The minimum absolute atomic E-state index is 0.0187. The van der Waals surface area contributed by atoms with Crippen molar-refractivity contribution in [2.75, 3.05) is 6.54 Å². The Balaban J connectivity index is 2.44. The number of Topliss-reactive ketones (excluding diaryl/α,β-unsaturated/α-hetero) is 1. The van der Waals surface area contributed by atoms with Gasteiger partial charge in [0.1, 0.15) is 5.25 Å². The van der Waals surface area contributed by atoms with Gasteiger partial charge in [-0.05, 0) is 19.3 Å². The molecule has 0 radical (unpaired) electrons. The maximum Gasteiger partial charge on any atom is 0.274 e. The number of hydrogen-bond donors (Lipinski definition) is 1. The van der Waals surface area contributed by atoms with E-state index >= 15 is 0 Å². The Kier molecular flexibility index (Phi) is 5.58. The number of carbonyl (C=O) groups is 3. The van der Waals surface area contributed by atoms with Crippen LogP contribution in [0.15, 0.2) is 12.2 Å². The maximum absolute atomic E-state index is 11.4. The van der Waals surface area contributed by atoms with Crippen LogP contribution in [0.25, 0.3) is 0 Å². The highest BCUT2D eigenvalue weighted by Crippen LogP contribution is 2.13. The van der Waals surface area contributed by atoms with E-state index in [1.54, 1.807) is 0 Å². The second kappa shape index (κ2) is 6.76. The molecule has 0 bridgehead atoms. The molecule has 1 aliphatic rings. The van der Waals surface area contributed by atoms with E-state index in [9.17, 15) is 22.8 Å². The number of hydrogen-bond acceptors (Lipinski definition) is 5. The lowest BCUT2D eigenvalue weighted by Gasteiger charge is -2.15. The van der Waals surface area contributed by atoms with Crippen molar-refractivity contribution in [3.8, 4) is 0 Å². The lowest BCUT2D eigenvalue weighted by molar-refractivity contribution is -0.136. The first-order chi connectivity index (χ1) is 9.27. The molecule has 1 heterocycles. The van der Waals surface area contributed by atoms with E-state index in [-0.39, 0.29) is 19.4 Å². The van der Waals surface area contributed by atoms with Crippen LogP contribution in [0.1, 0.15) is 32.6 Å². The highest BCUT2D eigenvalue weighted by atomic mass is 32.2. The SMILES string of the molecule is CCC(=O)C(CCCCN1C(=O)C=CC1=O)S(=O)(=O)O. The molecule has 0 fully saturated rings. The molecule has 0 saturated heterocycles. The Morgan fingerprint density at radius 2 is 1.80 bits per heavy atom. The summed E-state index contributed by atoms with van der Waals surface area (Å²) in [5, 5.41) is -1.42. The Morgan fingerprint density at radius 3 is 2.25 bits per heavy atom. The van der Waals surface area contributed by atoms with Crippen molar-refractivity contribution in [1.29, 1.82) is 0 Å². The van der Waals surface area contributed by atoms with Gasteiger partial charge in [0.2, 0.25) is 0 Å². The fourth-order valence-corrected chi connectivity index (χ4v) is 2.92. The molecule has 2 amide bonds. The number of unbranched alkanes of at least 4 members (excludes halogenated alkanes) is 1. The Labute approximate surface area is 117 Å². The van der Waals surface area contributed by atoms with Gasteiger partial charge in [-0.15, -0.1) is 0 Å². The quantitative estimate of drug-likeness (QED) is 0.393. The number of imide groups is 1. The van der Waals surface area contributed by atoms with Crippen LogP contribution in [0.3, 0.4) is 0 Å². The molecule has 1 rings (SSSR count). The minimum Gasteiger partial charge on any atom is -0.298 e. The lowest BCUT2D eigenvalue weighted by Crippen LogP contribution is -2.32. The van der Waals surface area contributed by atoms with Crippen LogP contribution in [0.5, 0.6) is 0 Å². The van der Waals surface area contributed by atoms with Crippen molar-refractivity contribution < 1.29 is 27.4 Å². The molecule has 1 N–H and O–H groups in total. The summed E-state index contributed by atoms with van der Waals surface area (Å²) < 4.78 is 31.2. The standard InChI is InChI=1S/C12H17NO6S/c1-2-9(14)10(20(17,18)19)5-3-4-8-13-11(15)6-7-12(13)16/h6-7,10H,2-5,8H2,1H3,(H,17,18,19). The Bertz CT molecular complexity index is 518. The summed E-state index contributed by atoms with van der Waals surface area (Å²) in [5.74, 6) is -1.33. The molecule has 112 valence electrons. The van der Waals surface area contributed by atoms with E-state index in [1.807, 2.05) is 0 Å². The van der Waals surface area contributed by atoms with Gasteiger partial charge in [0.25, 0.3) is 21.9 Å². The summed E-state index contributed by atoms with van der Waals surface area (Å²) in [7, 11) is -4.41. The van der Waals surface area contributed by atoms with E-state index in [4.69, 9.17) is 4.55 Å². The molecule has 20 heavy (non-hydrogen) atoms. The van der Waals surface area contributed by atoms with Crippen LogP contribution in [0.2, 0.25) is 0 Å². The molecular formula is C12H17NO6S. The second-order valence-corrected chi connectivity index (χ2v) is 6.08. The van der Waals surface area contributed by atoms with Gasteiger partial charge in [0, 0.05) is 25.1 Å². The molecule has 7 nitrogen and oxygen atoms in total. The maximum atomic E-state index is 11.4. The average molecular weight is 303 g/mol. The number of ketones is 1. The normalized spacial score (nSPS) is 16.8. The first-order valence-electron chi connectivity index (χ1n) is 6.30. The molecule has 0 aromatic rings. The van der Waals surface area contributed by atoms with E-state index in [1.165, 1.54) is 19.1 Å². The summed E-state index contributed by atoms with van der Waals surface area (Å²) in [6, 6.07) is 0. The topological polar surface area (TPSA) is 109 Å². The third-order valence-corrected chi connectivity index (χ3v) is 4.28. The van der Waals surface area contributed by atoms with E-state index in [0.717, 1.165) is 4.90 Å². The van der Waals surface area contributed by atoms with Crippen molar-refractivity contribution in [3.63, 3.8) is 0 Å². The molecule has 0 spiro atoms. The molecular weight excluding hydrogens is 286 g/mol. The number of rotatable bonds is 8. The predicted molar refractivity (Wildman–Crippen MR) is 70.3 cm³/mol. The molecule has 1 atom stereocenters. The molecule has 8 heteroatoms. The highest BCUT2D eigenvalue weighted by molar-refractivity contribution is 7.87. The molecule has 0 aliphatic carbocycles. The number of amides is 2. The van der Waals surface area contributed by atoms with Crippen molar-refractivity contribution >= 4 is 27.7 Å². The van der Waals surface area contributed by atoms with Crippen LogP contribution in [-0.2, 0) is 24.5 Å². The third-order valence-electron chi connectivity index (χ3n) is 3.07. The first-order valence-corrected chi connectivity index (χ1v) is 7.80. The van der Waals surface area contributed by atoms with Gasteiger partial charge in [-0.1, -0.05) is 6.92 Å². The Hall–Kier alpha value is -1.54. The summed E-state index contributed by atoms with van der Waals surface area (Å²) in [4.78, 5) is 35.0. The number of carbonyl (C=O) groups excluding carboxylic acids is 3. The van der Waals surface area contributed by atoms with Gasteiger partial charge in [0.15, 0.2) is 5.78 Å². The number of nitrogens with zero attached hydrogens (tertiary/aromatic N) is 1. The van der Waals surface area contributed by atoms with Crippen molar-refractivity contribution in [2.45, 2.75) is 37.9 Å². The van der Waals surface area contributed by atoms with Crippen LogP contribution < -0.4 is 0 Å². The van der Waals surface area contributed by atoms with E-state index < -0.39 is 33.0 Å². The average Bonchev–Trinajstić information content (AvgIpc) is 2.67. The zero-order valence-corrected chi connectivity index (χ0v) is 11.9. The summed E-state index contributed by atoms with van der Waals surface area (Å²) in [6.45, 7) is 1.69. The third kappa shape index (κ3) is 4.24. The van der Waals surface area contributed by atoms with Crippen molar-refractivity contribution in [2.24, 2.45) is 0 Å². The fourth-order valence-electron chi connectivity index (χ4n) is 1.95. The van der Waals surface area contributed by atoms with Crippen molar-refractivity contribution in [3.05, 3.63) is 12.2 Å². The van der Waals surface area contributed by atoms with Crippen LogP contribution in [0.4, 0.5) is 0 Å². The largest absolute Gasteiger partial charge is 0.298 e. The molecule has 1 unspecified atom stereocenters. The van der Waals surface area contributed by atoms with Crippen molar-refractivity contribution in [1.82, 2.24) is 4.90 Å². The van der Waals surface area contributed by atoms with Gasteiger partial charge < -0.3 is 0 Å². The summed E-state index contributed by atoms with van der Waals surface area (Å²) in [5.41, 5.74) is 0. The van der Waals surface area contributed by atoms with E-state index in [2.05, 4.69) is 0 Å². The minimum atomic E-state index is -4.41. The zero-order chi connectivity index (χ0) is 15.3. The summed E-state index contributed by atoms with van der Waals surface area (Å²) >= 11 is 0. The van der Waals surface area contributed by atoms with Gasteiger partial charge >= 0.3 is 0 Å². The summed E-state index contributed by atoms with van der Waals surface area (Å²) in [6.07, 6.45) is 3.04. The van der Waals surface area contributed by atoms with Gasteiger partial charge in [0.05, 0.1) is 0 Å². The van der Waals surface area contributed by atoms with Gasteiger partial charge in [-0.2, -0.15) is 8.42 Å². The highest BCUT2D eigenvalue weighted by Gasteiger charge is 2.29. The van der Waals surface area contributed by atoms with Crippen LogP contribution >= 0.6 is 0 Å². The lowest BCUT2D eigenvalue weighted by atomic mass is 10.1. The molecule has 1 aliphatic heterocycles. The van der Waals surface area contributed by atoms with Crippen LogP contribution in [0, 0.1) is 0 Å². The monoisotopic (exact) mass is 303 g/mol. The van der Waals surface area contributed by atoms with E-state index in [0.29, 0.717) is 12.8 Å². The molecule has 0 aromatic carbocycles. The smallest absolute Gasteiger partial charge is 0.274 e. The predicted octanol–water partition coefficient (Wildman–Crippen LogP) is 0.317. The molecule has 0 aromatic heterocycles. The van der Waals surface area contributed by atoms with Gasteiger partial charge in [-0.3, -0.25) is 23.8 Å².